The van der Waals surface area contributed by atoms with Crippen molar-refractivity contribution >= 4 is 23.1 Å². The van der Waals surface area contributed by atoms with Crippen LogP contribution >= 0.6 is 11.3 Å². The van der Waals surface area contributed by atoms with Crippen molar-refractivity contribution in [1.29, 1.82) is 5.26 Å². The molecule has 0 saturated carbocycles. The van der Waals surface area contributed by atoms with E-state index in [4.69, 9.17) is 5.26 Å². The van der Waals surface area contributed by atoms with E-state index in [-0.39, 0.29) is 12.1 Å². The first-order valence-corrected chi connectivity index (χ1v) is 7.82. The summed E-state index contributed by atoms with van der Waals surface area (Å²) >= 11 is 1.65. The minimum absolute atomic E-state index is 0.0983. The van der Waals surface area contributed by atoms with Gasteiger partial charge in [0.05, 0.1) is 17.7 Å². The minimum Gasteiger partial charge on any atom is -0.317 e. The molecule has 4 nitrogen and oxygen atoms in total. The second kappa shape index (κ2) is 5.98. The van der Waals surface area contributed by atoms with Gasteiger partial charge in [-0.2, -0.15) is 16.6 Å². The standard InChI is InChI=1S/C16H15N3OS/c17-10-12-3-1-4-14(9-12)18-16(20)19-7-2-5-15(19)13-6-8-21-11-13/h1,3-4,6,8-9,11,15H,2,5,7H2,(H,18,20)/t15-/m1/s1. The fourth-order valence-electron chi connectivity index (χ4n) is 2.68. The van der Waals surface area contributed by atoms with Crippen LogP contribution in [0.1, 0.15) is 30.0 Å². The molecule has 2 amide bonds. The van der Waals surface area contributed by atoms with Crippen LogP contribution in [-0.4, -0.2) is 17.5 Å². The van der Waals surface area contributed by atoms with Crippen molar-refractivity contribution < 1.29 is 4.79 Å². The highest BCUT2D eigenvalue weighted by Gasteiger charge is 2.30. The van der Waals surface area contributed by atoms with E-state index in [1.54, 1.807) is 35.6 Å². The quantitative estimate of drug-likeness (QED) is 0.911. The monoisotopic (exact) mass is 297 g/mol. The summed E-state index contributed by atoms with van der Waals surface area (Å²) in [6.07, 6.45) is 2.02. The summed E-state index contributed by atoms with van der Waals surface area (Å²) in [5, 5.41) is 15.9. The molecule has 2 heterocycles. The Hall–Kier alpha value is -2.32. The maximum Gasteiger partial charge on any atom is 0.322 e. The molecule has 3 rings (SSSR count). The largest absolute Gasteiger partial charge is 0.322 e. The molecule has 0 radical (unpaired) electrons. The zero-order valence-electron chi connectivity index (χ0n) is 11.5. The van der Waals surface area contributed by atoms with Gasteiger partial charge in [0.2, 0.25) is 0 Å². The van der Waals surface area contributed by atoms with Crippen molar-refractivity contribution in [3.63, 3.8) is 0 Å². The van der Waals surface area contributed by atoms with E-state index < -0.39 is 0 Å². The molecule has 0 bridgehead atoms. The van der Waals surface area contributed by atoms with Gasteiger partial charge in [0.1, 0.15) is 0 Å². The maximum atomic E-state index is 12.5. The van der Waals surface area contributed by atoms with Crippen LogP contribution in [0.3, 0.4) is 0 Å². The highest BCUT2D eigenvalue weighted by molar-refractivity contribution is 7.07. The molecule has 1 saturated heterocycles. The number of carbonyl (C=O) groups is 1. The molecular weight excluding hydrogens is 282 g/mol. The Balaban J connectivity index is 1.74. The summed E-state index contributed by atoms with van der Waals surface area (Å²) in [5.41, 5.74) is 2.41. The van der Waals surface area contributed by atoms with Gasteiger partial charge in [0.25, 0.3) is 0 Å². The first-order chi connectivity index (χ1) is 10.3. The number of benzene rings is 1. The first kappa shape index (κ1) is 13.7. The van der Waals surface area contributed by atoms with E-state index in [9.17, 15) is 4.79 Å². The summed E-state index contributed by atoms with van der Waals surface area (Å²) in [5.74, 6) is 0. The molecule has 1 aromatic heterocycles. The third-order valence-electron chi connectivity index (χ3n) is 3.68. The normalized spacial score (nSPS) is 17.5. The molecule has 0 spiro atoms. The topological polar surface area (TPSA) is 56.1 Å². The molecule has 1 aromatic carbocycles. The Morgan fingerprint density at radius 3 is 3.10 bits per heavy atom. The Morgan fingerprint density at radius 1 is 1.43 bits per heavy atom. The van der Waals surface area contributed by atoms with E-state index >= 15 is 0 Å². The summed E-state index contributed by atoms with van der Waals surface area (Å²) < 4.78 is 0. The molecule has 1 aliphatic heterocycles. The van der Waals surface area contributed by atoms with E-state index in [2.05, 4.69) is 22.8 Å². The number of nitrogens with zero attached hydrogens (tertiary/aromatic N) is 2. The van der Waals surface area contributed by atoms with Gasteiger partial charge < -0.3 is 10.2 Å². The van der Waals surface area contributed by atoms with E-state index in [1.165, 1.54) is 5.56 Å². The number of thiophene rings is 1. The van der Waals surface area contributed by atoms with Crippen LogP contribution in [0.15, 0.2) is 41.1 Å². The average Bonchev–Trinajstić information content (AvgIpc) is 3.18. The van der Waals surface area contributed by atoms with E-state index in [0.29, 0.717) is 11.3 Å². The molecular formula is C16H15N3OS. The van der Waals surface area contributed by atoms with E-state index in [1.807, 2.05) is 10.3 Å². The average molecular weight is 297 g/mol. The molecule has 1 aliphatic rings. The molecule has 0 aliphatic carbocycles. The second-order valence-corrected chi connectivity index (χ2v) is 5.81. The number of nitriles is 1. The minimum atomic E-state index is -0.0983. The van der Waals surface area contributed by atoms with Crippen LogP contribution < -0.4 is 5.32 Å². The van der Waals surface area contributed by atoms with Gasteiger partial charge >= 0.3 is 6.03 Å². The molecule has 21 heavy (non-hydrogen) atoms. The molecule has 1 fully saturated rings. The lowest BCUT2D eigenvalue weighted by Gasteiger charge is -2.24. The maximum absolute atomic E-state index is 12.5. The van der Waals surface area contributed by atoms with Gasteiger partial charge in [-0.15, -0.1) is 0 Å². The lowest BCUT2D eigenvalue weighted by Crippen LogP contribution is -2.34. The SMILES string of the molecule is N#Cc1cccc(NC(=O)N2CCC[C@@H]2c2ccsc2)c1. The number of hydrogen-bond donors (Lipinski definition) is 1. The third-order valence-corrected chi connectivity index (χ3v) is 4.39. The predicted molar refractivity (Wildman–Crippen MR) is 83.2 cm³/mol. The molecule has 106 valence electrons. The second-order valence-electron chi connectivity index (χ2n) is 5.03. The predicted octanol–water partition coefficient (Wildman–Crippen LogP) is 3.99. The number of carbonyl (C=O) groups excluding carboxylic acids is 1. The number of rotatable bonds is 2. The number of likely N-dealkylation sites (tertiary alicyclic amines) is 1. The summed E-state index contributed by atoms with van der Waals surface area (Å²) in [7, 11) is 0. The van der Waals surface area contributed by atoms with Gasteiger partial charge in [-0.05, 0) is 53.4 Å². The fraction of sp³-hybridized carbons (Fsp3) is 0.250. The van der Waals surface area contributed by atoms with Crippen molar-refractivity contribution in [3.05, 3.63) is 52.2 Å². The molecule has 2 aromatic rings. The van der Waals surface area contributed by atoms with Crippen LogP contribution in [0.4, 0.5) is 10.5 Å². The highest BCUT2D eigenvalue weighted by atomic mass is 32.1. The Bertz CT molecular complexity index is 675. The zero-order valence-corrected chi connectivity index (χ0v) is 12.3. The lowest BCUT2D eigenvalue weighted by molar-refractivity contribution is 0.207. The Kier molecular flexibility index (Phi) is 3.89. The van der Waals surface area contributed by atoms with Gasteiger partial charge in [-0.25, -0.2) is 4.79 Å². The lowest BCUT2D eigenvalue weighted by atomic mass is 10.1. The van der Waals surface area contributed by atoms with Gasteiger partial charge in [0, 0.05) is 12.2 Å². The van der Waals surface area contributed by atoms with E-state index in [0.717, 1.165) is 19.4 Å². The Labute approximate surface area is 127 Å². The van der Waals surface area contributed by atoms with Crippen LogP contribution in [0, 0.1) is 11.3 Å². The number of amides is 2. The molecule has 5 heteroatoms. The highest BCUT2D eigenvalue weighted by Crippen LogP contribution is 2.33. The smallest absolute Gasteiger partial charge is 0.317 e. The van der Waals surface area contributed by atoms with Crippen LogP contribution in [0.25, 0.3) is 0 Å². The van der Waals surface area contributed by atoms with Gasteiger partial charge in [-0.1, -0.05) is 6.07 Å². The number of urea groups is 1. The number of anilines is 1. The summed E-state index contributed by atoms with van der Waals surface area (Å²) in [6.45, 7) is 0.768. The fourth-order valence-corrected chi connectivity index (χ4v) is 3.39. The molecule has 0 unspecified atom stereocenters. The number of nitrogens with one attached hydrogen (secondary N) is 1. The van der Waals surface area contributed by atoms with Crippen LogP contribution in [-0.2, 0) is 0 Å². The number of hydrogen-bond acceptors (Lipinski definition) is 3. The third kappa shape index (κ3) is 2.91. The zero-order chi connectivity index (χ0) is 14.7. The Morgan fingerprint density at radius 2 is 2.33 bits per heavy atom. The summed E-state index contributed by atoms with van der Waals surface area (Å²) in [4.78, 5) is 14.3. The first-order valence-electron chi connectivity index (χ1n) is 6.88. The van der Waals surface area contributed by atoms with Gasteiger partial charge in [0.15, 0.2) is 0 Å². The summed E-state index contributed by atoms with van der Waals surface area (Å²) in [6, 6.07) is 11.2. The van der Waals surface area contributed by atoms with Crippen molar-refractivity contribution in [2.75, 3.05) is 11.9 Å². The van der Waals surface area contributed by atoms with Crippen molar-refractivity contribution in [3.8, 4) is 6.07 Å². The molecule has 1 N–H and O–H groups in total. The molecule has 1 atom stereocenters. The van der Waals surface area contributed by atoms with Crippen LogP contribution in [0.2, 0.25) is 0 Å². The van der Waals surface area contributed by atoms with Crippen molar-refractivity contribution in [1.82, 2.24) is 4.90 Å². The van der Waals surface area contributed by atoms with Crippen molar-refractivity contribution in [2.45, 2.75) is 18.9 Å². The van der Waals surface area contributed by atoms with Crippen molar-refractivity contribution in [2.24, 2.45) is 0 Å². The van der Waals surface area contributed by atoms with Crippen LogP contribution in [0.5, 0.6) is 0 Å². The van der Waals surface area contributed by atoms with Gasteiger partial charge in [-0.3, -0.25) is 0 Å².